The van der Waals surface area contributed by atoms with Crippen LogP contribution in [0.2, 0.25) is 0 Å². The number of carbonyl (C=O) groups excluding carboxylic acids is 1. The van der Waals surface area contributed by atoms with E-state index in [1.807, 2.05) is 18.5 Å². The van der Waals surface area contributed by atoms with Gasteiger partial charge in [-0.2, -0.15) is 5.10 Å². The van der Waals surface area contributed by atoms with Gasteiger partial charge in [0.05, 0.1) is 12.2 Å². The molecule has 1 aromatic heterocycles. The summed E-state index contributed by atoms with van der Waals surface area (Å²) in [6.45, 7) is 9.98. The second-order valence-corrected chi connectivity index (χ2v) is 7.33. The average molecular weight is 371 g/mol. The molecule has 0 aliphatic carbocycles. The van der Waals surface area contributed by atoms with Crippen LogP contribution in [0.1, 0.15) is 54.8 Å². The Bertz CT molecular complexity index is 824. The van der Waals surface area contributed by atoms with E-state index < -0.39 is 11.5 Å². The standard InChI is InChI=1S/C21H29N3O3/c1-6-21(5,20(26)27)22-19(25)12-11-18-15(3)23-24(16(18)4)13-17-9-7-14(2)8-10-17/h7-10H,6,11-13H2,1-5H3,(H,22,25)(H,26,27). The van der Waals surface area contributed by atoms with E-state index in [9.17, 15) is 14.7 Å². The summed E-state index contributed by atoms with van der Waals surface area (Å²) < 4.78 is 1.96. The molecule has 2 rings (SSSR count). The largest absolute Gasteiger partial charge is 0.480 e. The van der Waals surface area contributed by atoms with E-state index in [4.69, 9.17) is 0 Å². The minimum atomic E-state index is -1.23. The van der Waals surface area contributed by atoms with Gasteiger partial charge in [0.2, 0.25) is 5.91 Å². The Morgan fingerprint density at radius 3 is 2.37 bits per heavy atom. The van der Waals surface area contributed by atoms with Crippen LogP contribution in [0.3, 0.4) is 0 Å². The van der Waals surface area contributed by atoms with E-state index in [2.05, 4.69) is 41.6 Å². The SMILES string of the molecule is CCC(C)(NC(=O)CCc1c(C)nn(Cc2ccc(C)cc2)c1C)C(=O)O. The Morgan fingerprint density at radius 2 is 1.81 bits per heavy atom. The second-order valence-electron chi connectivity index (χ2n) is 7.33. The zero-order chi connectivity index (χ0) is 20.2. The van der Waals surface area contributed by atoms with Crippen molar-refractivity contribution in [2.24, 2.45) is 0 Å². The van der Waals surface area contributed by atoms with Gasteiger partial charge in [-0.25, -0.2) is 4.79 Å². The maximum Gasteiger partial charge on any atom is 0.329 e. The van der Waals surface area contributed by atoms with E-state index in [0.717, 1.165) is 17.0 Å². The van der Waals surface area contributed by atoms with Crippen LogP contribution in [0.15, 0.2) is 24.3 Å². The molecule has 1 unspecified atom stereocenters. The molecule has 6 heteroatoms. The van der Waals surface area contributed by atoms with Gasteiger partial charge in [-0.1, -0.05) is 36.8 Å². The van der Waals surface area contributed by atoms with Crippen LogP contribution >= 0.6 is 0 Å². The number of nitrogens with one attached hydrogen (secondary N) is 1. The van der Waals surface area contributed by atoms with E-state index >= 15 is 0 Å². The van der Waals surface area contributed by atoms with Crippen LogP contribution < -0.4 is 5.32 Å². The van der Waals surface area contributed by atoms with E-state index in [1.54, 1.807) is 6.92 Å². The first-order valence-corrected chi connectivity index (χ1v) is 9.29. The van der Waals surface area contributed by atoms with Crippen molar-refractivity contribution in [2.75, 3.05) is 0 Å². The molecule has 0 fully saturated rings. The van der Waals surface area contributed by atoms with Crippen LogP contribution in [-0.4, -0.2) is 32.3 Å². The van der Waals surface area contributed by atoms with Crippen molar-refractivity contribution in [3.63, 3.8) is 0 Å². The predicted octanol–water partition coefficient (Wildman–Crippen LogP) is 3.16. The topological polar surface area (TPSA) is 84.2 Å². The van der Waals surface area contributed by atoms with Crippen LogP contribution in [-0.2, 0) is 22.6 Å². The van der Waals surface area contributed by atoms with Crippen LogP contribution in [0, 0.1) is 20.8 Å². The predicted molar refractivity (Wildman–Crippen MR) is 105 cm³/mol. The van der Waals surface area contributed by atoms with E-state index in [-0.39, 0.29) is 12.3 Å². The average Bonchev–Trinajstić information content (AvgIpc) is 2.88. The molecular formula is C21H29N3O3. The number of hydrogen-bond donors (Lipinski definition) is 2. The Hall–Kier alpha value is -2.63. The Labute approximate surface area is 160 Å². The third kappa shape index (κ3) is 4.96. The summed E-state index contributed by atoms with van der Waals surface area (Å²) in [6.07, 6.45) is 1.11. The van der Waals surface area contributed by atoms with Crippen LogP contribution in [0.4, 0.5) is 0 Å². The quantitative estimate of drug-likeness (QED) is 0.746. The number of nitrogens with zero attached hydrogens (tertiary/aromatic N) is 2. The van der Waals surface area contributed by atoms with Gasteiger partial charge < -0.3 is 10.4 Å². The number of benzene rings is 1. The number of aryl methyl sites for hydroxylation is 2. The van der Waals surface area contributed by atoms with Crippen molar-refractivity contribution in [2.45, 2.75) is 66.0 Å². The highest BCUT2D eigenvalue weighted by atomic mass is 16.4. The summed E-state index contributed by atoms with van der Waals surface area (Å²) in [4.78, 5) is 23.6. The number of amides is 1. The first-order chi connectivity index (χ1) is 12.7. The molecule has 6 nitrogen and oxygen atoms in total. The zero-order valence-electron chi connectivity index (χ0n) is 16.8. The first-order valence-electron chi connectivity index (χ1n) is 9.29. The highest BCUT2D eigenvalue weighted by molar-refractivity contribution is 5.86. The lowest BCUT2D eigenvalue weighted by Crippen LogP contribution is -2.51. The number of aromatic nitrogens is 2. The number of aliphatic carboxylic acids is 1. The van der Waals surface area contributed by atoms with E-state index in [0.29, 0.717) is 19.4 Å². The normalized spacial score (nSPS) is 13.2. The molecule has 0 bridgehead atoms. The lowest BCUT2D eigenvalue weighted by molar-refractivity contribution is -0.147. The molecular weight excluding hydrogens is 342 g/mol. The molecule has 2 N–H and O–H groups in total. The summed E-state index contributed by atoms with van der Waals surface area (Å²) in [5.41, 5.74) is 4.17. The molecule has 2 aromatic rings. The van der Waals surface area contributed by atoms with Gasteiger partial charge in [0.25, 0.3) is 0 Å². The van der Waals surface area contributed by atoms with Crippen molar-refractivity contribution < 1.29 is 14.7 Å². The van der Waals surface area contributed by atoms with Crippen LogP contribution in [0.5, 0.6) is 0 Å². The van der Waals surface area contributed by atoms with Crippen molar-refractivity contribution in [3.05, 3.63) is 52.3 Å². The van der Waals surface area contributed by atoms with Gasteiger partial charge in [0.1, 0.15) is 5.54 Å². The fraction of sp³-hybridized carbons (Fsp3) is 0.476. The number of rotatable bonds is 8. The smallest absolute Gasteiger partial charge is 0.329 e. The molecule has 0 saturated heterocycles. The zero-order valence-corrected chi connectivity index (χ0v) is 16.8. The third-order valence-corrected chi connectivity index (χ3v) is 5.18. The molecule has 0 saturated carbocycles. The number of carboxylic acids is 1. The molecule has 1 aromatic carbocycles. The Balaban J connectivity index is 2.05. The number of carboxylic acid groups (broad SMARTS) is 1. The Kier molecular flexibility index (Phi) is 6.41. The maximum absolute atomic E-state index is 12.2. The number of hydrogen-bond acceptors (Lipinski definition) is 3. The molecule has 0 aliphatic heterocycles. The highest BCUT2D eigenvalue weighted by Gasteiger charge is 2.32. The monoisotopic (exact) mass is 371 g/mol. The molecule has 27 heavy (non-hydrogen) atoms. The van der Waals surface area contributed by atoms with Crippen molar-refractivity contribution >= 4 is 11.9 Å². The van der Waals surface area contributed by atoms with E-state index in [1.165, 1.54) is 18.1 Å². The molecule has 0 aliphatic rings. The summed E-state index contributed by atoms with van der Waals surface area (Å²) in [6, 6.07) is 8.35. The molecule has 1 atom stereocenters. The van der Waals surface area contributed by atoms with Crippen LogP contribution in [0.25, 0.3) is 0 Å². The van der Waals surface area contributed by atoms with Gasteiger partial charge in [-0.15, -0.1) is 0 Å². The molecule has 0 radical (unpaired) electrons. The molecule has 0 spiro atoms. The van der Waals surface area contributed by atoms with Gasteiger partial charge in [-0.05, 0) is 51.7 Å². The minimum absolute atomic E-state index is 0.237. The summed E-state index contributed by atoms with van der Waals surface area (Å²) >= 11 is 0. The van der Waals surface area contributed by atoms with Crippen molar-refractivity contribution in [3.8, 4) is 0 Å². The molecule has 1 amide bonds. The fourth-order valence-electron chi connectivity index (χ4n) is 3.02. The molecule has 1 heterocycles. The second kappa shape index (κ2) is 8.37. The molecule has 146 valence electrons. The fourth-order valence-corrected chi connectivity index (χ4v) is 3.02. The lowest BCUT2D eigenvalue weighted by atomic mass is 9.98. The maximum atomic E-state index is 12.2. The van der Waals surface area contributed by atoms with Crippen molar-refractivity contribution in [1.82, 2.24) is 15.1 Å². The third-order valence-electron chi connectivity index (χ3n) is 5.18. The summed E-state index contributed by atoms with van der Waals surface area (Å²) in [5, 5.41) is 16.5. The van der Waals surface area contributed by atoms with Gasteiger partial charge in [0, 0.05) is 12.1 Å². The van der Waals surface area contributed by atoms with Gasteiger partial charge in [-0.3, -0.25) is 9.48 Å². The summed E-state index contributed by atoms with van der Waals surface area (Å²) in [5.74, 6) is -1.27. The van der Waals surface area contributed by atoms with Crippen molar-refractivity contribution in [1.29, 1.82) is 0 Å². The highest BCUT2D eigenvalue weighted by Crippen LogP contribution is 2.18. The van der Waals surface area contributed by atoms with Gasteiger partial charge >= 0.3 is 5.97 Å². The minimum Gasteiger partial charge on any atom is -0.480 e. The van der Waals surface area contributed by atoms with Gasteiger partial charge in [0.15, 0.2) is 0 Å². The lowest BCUT2D eigenvalue weighted by Gasteiger charge is -2.24. The first kappa shape index (κ1) is 20.7. The number of carbonyl (C=O) groups is 2. The Morgan fingerprint density at radius 1 is 1.19 bits per heavy atom. The summed E-state index contributed by atoms with van der Waals surface area (Å²) in [7, 11) is 0.